The monoisotopic (exact) mass is 264 g/mol. The van der Waals surface area contributed by atoms with Crippen molar-refractivity contribution in [2.24, 2.45) is 0 Å². The maximum atomic E-state index is 12.3. The smallest absolute Gasteiger partial charge is 0.259 e. The van der Waals surface area contributed by atoms with Gasteiger partial charge in [-0.1, -0.05) is 30.3 Å². The summed E-state index contributed by atoms with van der Waals surface area (Å²) in [6.45, 7) is 0. The van der Waals surface area contributed by atoms with Crippen molar-refractivity contribution in [1.29, 1.82) is 0 Å². The van der Waals surface area contributed by atoms with E-state index in [1.807, 2.05) is 0 Å². The van der Waals surface area contributed by atoms with E-state index in [1.165, 1.54) is 0 Å². The zero-order valence-electron chi connectivity index (χ0n) is 10.4. The lowest BCUT2D eigenvalue weighted by Crippen LogP contribution is -2.04. The van der Waals surface area contributed by atoms with Crippen LogP contribution in [-0.2, 0) is 4.79 Å². The molecule has 0 saturated carbocycles. The van der Waals surface area contributed by atoms with Gasteiger partial charge in [0.15, 0.2) is 5.78 Å². The van der Waals surface area contributed by atoms with E-state index in [9.17, 15) is 9.59 Å². The number of ketones is 1. The summed E-state index contributed by atoms with van der Waals surface area (Å²) < 4.78 is 0. The average Bonchev–Trinajstić information content (AvgIpc) is 2.81. The van der Waals surface area contributed by atoms with Gasteiger partial charge in [-0.05, 0) is 18.2 Å². The van der Waals surface area contributed by atoms with Crippen LogP contribution in [0, 0.1) is 6.07 Å². The van der Waals surface area contributed by atoms with Gasteiger partial charge in [-0.25, -0.2) is 0 Å². The average molecular weight is 264 g/mol. The number of benzene rings is 2. The summed E-state index contributed by atoms with van der Waals surface area (Å²) >= 11 is 0. The van der Waals surface area contributed by atoms with Crippen molar-refractivity contribution in [3.05, 3.63) is 71.5 Å². The molecular weight excluding hydrogens is 254 g/mol. The molecule has 1 amide bonds. The molecule has 1 heterocycles. The molecule has 0 aromatic heterocycles. The Bertz CT molecular complexity index is 733. The number of amides is 1. The minimum absolute atomic E-state index is 0.139. The fourth-order valence-corrected chi connectivity index (χ4v) is 2.17. The Hall–Kier alpha value is -2.88. The number of carbonyl (C=O) groups excluding carboxylic acids is 2. The summed E-state index contributed by atoms with van der Waals surface area (Å²) in [5.41, 5.74) is 2.33. The van der Waals surface area contributed by atoms with Crippen LogP contribution in [0.3, 0.4) is 0 Å². The third-order valence-corrected chi connectivity index (χ3v) is 3.16. The van der Waals surface area contributed by atoms with Crippen molar-refractivity contribution < 1.29 is 14.7 Å². The molecular formula is C16H10NO3. The molecule has 0 aliphatic carbocycles. The van der Waals surface area contributed by atoms with E-state index in [4.69, 9.17) is 5.11 Å². The number of carbonyl (C=O) groups is 2. The van der Waals surface area contributed by atoms with Crippen LogP contribution in [0.25, 0.3) is 5.57 Å². The molecule has 0 spiro atoms. The highest BCUT2D eigenvalue weighted by Crippen LogP contribution is 2.32. The lowest BCUT2D eigenvalue weighted by atomic mass is 10.00. The van der Waals surface area contributed by atoms with E-state index >= 15 is 0 Å². The molecule has 4 heteroatoms. The Morgan fingerprint density at radius 1 is 1.25 bits per heavy atom. The third-order valence-electron chi connectivity index (χ3n) is 3.16. The van der Waals surface area contributed by atoms with Gasteiger partial charge in [-0.3, -0.25) is 9.59 Å². The number of fused-ring (bicyclic) bond motifs is 1. The minimum atomic E-state index is -0.375. The molecule has 0 fully saturated rings. The van der Waals surface area contributed by atoms with Gasteiger partial charge in [0, 0.05) is 22.4 Å². The number of anilines is 1. The summed E-state index contributed by atoms with van der Waals surface area (Å²) in [6, 6.07) is 14.5. The predicted octanol–water partition coefficient (Wildman–Crippen LogP) is 2.57. The molecule has 3 rings (SSSR count). The Morgan fingerprint density at radius 3 is 2.80 bits per heavy atom. The van der Waals surface area contributed by atoms with Crippen molar-refractivity contribution in [3.8, 4) is 0 Å². The maximum Gasteiger partial charge on any atom is 0.259 e. The minimum Gasteiger partial charge on any atom is -0.515 e. The number of hydrogen-bond acceptors (Lipinski definition) is 3. The maximum absolute atomic E-state index is 12.3. The molecule has 2 aromatic rings. The first-order valence-corrected chi connectivity index (χ1v) is 6.01. The second kappa shape index (κ2) is 4.66. The number of nitrogens with one attached hydrogen (secondary N) is 1. The zero-order valence-corrected chi connectivity index (χ0v) is 10.4. The second-order valence-corrected chi connectivity index (χ2v) is 4.38. The van der Waals surface area contributed by atoms with E-state index in [-0.39, 0.29) is 17.3 Å². The van der Waals surface area contributed by atoms with Gasteiger partial charge in [0.25, 0.3) is 5.91 Å². The molecule has 1 aliphatic rings. The summed E-state index contributed by atoms with van der Waals surface area (Å²) in [7, 11) is 0. The third kappa shape index (κ3) is 1.87. The van der Waals surface area contributed by atoms with Gasteiger partial charge in [0.1, 0.15) is 0 Å². The summed E-state index contributed by atoms with van der Waals surface area (Å²) in [6.07, 6.45) is 0.773. The number of rotatable bonds is 2. The van der Waals surface area contributed by atoms with Gasteiger partial charge in [0.05, 0.1) is 11.8 Å². The number of aliphatic hydroxyl groups excluding tert-OH is 1. The van der Waals surface area contributed by atoms with E-state index in [1.54, 1.807) is 42.5 Å². The second-order valence-electron chi connectivity index (χ2n) is 4.38. The predicted molar refractivity (Wildman–Crippen MR) is 74.4 cm³/mol. The van der Waals surface area contributed by atoms with Gasteiger partial charge in [-0.15, -0.1) is 0 Å². The Balaban J connectivity index is 2.01. The Morgan fingerprint density at radius 2 is 2.10 bits per heavy atom. The van der Waals surface area contributed by atoms with Crippen LogP contribution in [-0.4, -0.2) is 16.8 Å². The molecule has 97 valence electrons. The molecule has 1 aliphatic heterocycles. The van der Waals surface area contributed by atoms with E-state index < -0.39 is 0 Å². The first-order chi connectivity index (χ1) is 9.70. The van der Waals surface area contributed by atoms with Crippen LogP contribution in [0.2, 0.25) is 0 Å². The van der Waals surface area contributed by atoms with Gasteiger partial charge >= 0.3 is 0 Å². The number of aliphatic hydroxyl groups is 1. The van der Waals surface area contributed by atoms with Crippen LogP contribution < -0.4 is 5.32 Å². The van der Waals surface area contributed by atoms with E-state index in [2.05, 4.69) is 11.4 Å². The van der Waals surface area contributed by atoms with E-state index in [0.717, 1.165) is 6.26 Å². The fraction of sp³-hybridized carbons (Fsp3) is 0. The van der Waals surface area contributed by atoms with Crippen LogP contribution >= 0.6 is 0 Å². The summed E-state index contributed by atoms with van der Waals surface area (Å²) in [4.78, 5) is 23.9. The molecule has 2 aromatic carbocycles. The Labute approximate surface area is 115 Å². The van der Waals surface area contributed by atoms with Crippen LogP contribution in [0.5, 0.6) is 0 Å². The van der Waals surface area contributed by atoms with Crippen LogP contribution in [0.15, 0.2) is 48.7 Å². The summed E-state index contributed by atoms with van der Waals surface area (Å²) in [5, 5.41) is 11.7. The fourth-order valence-electron chi connectivity index (χ4n) is 2.17. The normalized spacial score (nSPS) is 15.0. The molecule has 20 heavy (non-hydrogen) atoms. The van der Waals surface area contributed by atoms with Gasteiger partial charge < -0.3 is 10.4 Å². The van der Waals surface area contributed by atoms with Crippen molar-refractivity contribution in [2.75, 3.05) is 5.32 Å². The molecule has 0 bridgehead atoms. The molecule has 2 N–H and O–H groups in total. The van der Waals surface area contributed by atoms with Crippen molar-refractivity contribution >= 4 is 23.0 Å². The van der Waals surface area contributed by atoms with E-state index in [0.29, 0.717) is 22.4 Å². The highest BCUT2D eigenvalue weighted by atomic mass is 16.2. The zero-order chi connectivity index (χ0) is 14.1. The van der Waals surface area contributed by atoms with Gasteiger partial charge in [-0.2, -0.15) is 0 Å². The quantitative estimate of drug-likeness (QED) is 0.497. The summed E-state index contributed by atoms with van der Waals surface area (Å²) in [5.74, 6) is -0.513. The molecule has 0 atom stereocenters. The van der Waals surface area contributed by atoms with Crippen molar-refractivity contribution in [3.63, 3.8) is 0 Å². The van der Waals surface area contributed by atoms with Crippen LogP contribution in [0.1, 0.15) is 21.5 Å². The first-order valence-electron chi connectivity index (χ1n) is 6.01. The molecule has 0 saturated heterocycles. The SMILES string of the molecule is O=C1Nc2cc(C(=O)c3c[c]ccc3)ccc2/C1=C/O. The van der Waals surface area contributed by atoms with Crippen molar-refractivity contribution in [1.82, 2.24) is 0 Å². The largest absolute Gasteiger partial charge is 0.515 e. The Kier molecular flexibility index (Phi) is 2.84. The molecule has 1 radical (unpaired) electrons. The molecule has 0 unspecified atom stereocenters. The first kappa shape index (κ1) is 12.2. The lowest BCUT2D eigenvalue weighted by molar-refractivity contribution is -0.110. The van der Waals surface area contributed by atoms with Crippen molar-refractivity contribution in [2.45, 2.75) is 0 Å². The van der Waals surface area contributed by atoms with Gasteiger partial charge in [0.2, 0.25) is 0 Å². The number of hydrogen-bond donors (Lipinski definition) is 2. The standard InChI is InChI=1S/C16H10NO3/c18-9-13-12-7-6-11(8-14(12)17-16(13)20)15(19)10-4-2-1-3-5-10/h1-2,4-9,18H,(H,17,20)/b13-9-. The topological polar surface area (TPSA) is 66.4 Å². The highest BCUT2D eigenvalue weighted by molar-refractivity contribution is 6.31. The molecule has 4 nitrogen and oxygen atoms in total. The lowest BCUT2D eigenvalue weighted by Gasteiger charge is -2.04. The van der Waals surface area contributed by atoms with Crippen LogP contribution in [0.4, 0.5) is 5.69 Å². The highest BCUT2D eigenvalue weighted by Gasteiger charge is 2.25.